The van der Waals surface area contributed by atoms with E-state index in [4.69, 9.17) is 0 Å². The van der Waals surface area contributed by atoms with Gasteiger partial charge in [0.1, 0.15) is 0 Å². The van der Waals surface area contributed by atoms with Gasteiger partial charge in [-0.05, 0) is 29.2 Å². The Kier molecular flexibility index (Phi) is 5.02. The number of aryl methyl sites for hydroxylation is 1. The zero-order chi connectivity index (χ0) is 16.9. The van der Waals surface area contributed by atoms with Crippen molar-refractivity contribution in [1.29, 1.82) is 0 Å². The summed E-state index contributed by atoms with van der Waals surface area (Å²) < 4.78 is 0. The van der Waals surface area contributed by atoms with E-state index in [1.165, 1.54) is 5.56 Å². The Morgan fingerprint density at radius 1 is 0.917 bits per heavy atom. The molecule has 0 aliphatic rings. The maximum absolute atomic E-state index is 12.0. The second kappa shape index (κ2) is 7.37. The first kappa shape index (κ1) is 16.3. The van der Waals surface area contributed by atoms with Crippen molar-refractivity contribution in [2.75, 3.05) is 0 Å². The van der Waals surface area contributed by atoms with Crippen LogP contribution in [0.15, 0.2) is 77.7 Å². The lowest BCUT2D eigenvalue weighted by atomic mass is 9.98. The highest BCUT2D eigenvalue weighted by Gasteiger charge is 2.19. The standard InChI is InChI=1S/C21H18O2S/c1-15-12-13-18(17-10-6-3-7-11-17)19(21(22)23)20(15)24-14-16-8-4-2-5-9-16/h2-13H,14H2,1H3,(H,22,23). The van der Waals surface area contributed by atoms with E-state index in [9.17, 15) is 9.90 Å². The van der Waals surface area contributed by atoms with Crippen LogP contribution in [0.4, 0.5) is 0 Å². The van der Waals surface area contributed by atoms with E-state index >= 15 is 0 Å². The monoisotopic (exact) mass is 334 g/mol. The molecule has 0 aliphatic heterocycles. The molecule has 24 heavy (non-hydrogen) atoms. The summed E-state index contributed by atoms with van der Waals surface area (Å²) in [6.45, 7) is 1.97. The normalized spacial score (nSPS) is 10.5. The molecule has 0 bridgehead atoms. The van der Waals surface area contributed by atoms with Crippen LogP contribution < -0.4 is 0 Å². The first-order valence-electron chi connectivity index (χ1n) is 7.76. The molecular weight excluding hydrogens is 316 g/mol. The Morgan fingerprint density at radius 2 is 1.54 bits per heavy atom. The minimum Gasteiger partial charge on any atom is -0.478 e. The maximum atomic E-state index is 12.0. The van der Waals surface area contributed by atoms with Gasteiger partial charge in [-0.25, -0.2) is 4.79 Å². The van der Waals surface area contributed by atoms with E-state index in [2.05, 4.69) is 12.1 Å². The van der Waals surface area contributed by atoms with Crippen LogP contribution in [0.2, 0.25) is 0 Å². The summed E-state index contributed by atoms with van der Waals surface area (Å²) in [5, 5.41) is 9.82. The van der Waals surface area contributed by atoms with Crippen LogP contribution in [0.3, 0.4) is 0 Å². The van der Waals surface area contributed by atoms with Gasteiger partial charge in [0.2, 0.25) is 0 Å². The molecule has 0 spiro atoms. The van der Waals surface area contributed by atoms with Crippen LogP contribution in [-0.2, 0) is 5.75 Å². The largest absolute Gasteiger partial charge is 0.478 e. The molecule has 0 fully saturated rings. The topological polar surface area (TPSA) is 37.3 Å². The van der Waals surface area contributed by atoms with Gasteiger partial charge in [-0.15, -0.1) is 11.8 Å². The van der Waals surface area contributed by atoms with Gasteiger partial charge in [0, 0.05) is 10.6 Å². The number of carboxylic acid groups (broad SMARTS) is 1. The number of aromatic carboxylic acids is 1. The second-order valence-corrected chi connectivity index (χ2v) is 6.57. The third-order valence-electron chi connectivity index (χ3n) is 3.88. The number of benzene rings is 3. The first-order valence-corrected chi connectivity index (χ1v) is 8.74. The highest BCUT2D eigenvalue weighted by atomic mass is 32.2. The molecule has 3 rings (SSSR count). The summed E-state index contributed by atoms with van der Waals surface area (Å²) in [4.78, 5) is 12.8. The molecule has 3 aromatic carbocycles. The number of thioether (sulfide) groups is 1. The Bertz CT molecular complexity index is 842. The molecule has 0 heterocycles. The van der Waals surface area contributed by atoms with Crippen molar-refractivity contribution in [1.82, 2.24) is 0 Å². The van der Waals surface area contributed by atoms with Crippen LogP contribution in [0, 0.1) is 6.92 Å². The Morgan fingerprint density at radius 3 is 2.17 bits per heavy atom. The molecule has 0 saturated carbocycles. The lowest BCUT2D eigenvalue weighted by molar-refractivity contribution is 0.0694. The molecule has 0 unspecified atom stereocenters. The summed E-state index contributed by atoms with van der Waals surface area (Å²) in [5.41, 5.74) is 4.26. The van der Waals surface area contributed by atoms with Gasteiger partial charge in [-0.1, -0.05) is 72.8 Å². The zero-order valence-electron chi connectivity index (χ0n) is 13.4. The third-order valence-corrected chi connectivity index (χ3v) is 5.17. The summed E-state index contributed by atoms with van der Waals surface area (Å²) >= 11 is 1.58. The van der Waals surface area contributed by atoms with Crippen molar-refractivity contribution in [2.45, 2.75) is 17.6 Å². The molecule has 1 N–H and O–H groups in total. The summed E-state index contributed by atoms with van der Waals surface area (Å²) in [6.07, 6.45) is 0. The highest BCUT2D eigenvalue weighted by Crippen LogP contribution is 2.36. The molecule has 0 aliphatic carbocycles. The predicted molar refractivity (Wildman–Crippen MR) is 99.6 cm³/mol. The molecule has 0 amide bonds. The molecule has 120 valence electrons. The molecule has 0 saturated heterocycles. The van der Waals surface area contributed by atoms with E-state index in [1.807, 2.05) is 67.6 Å². The molecule has 0 atom stereocenters. The molecule has 3 aromatic rings. The Hall–Kier alpha value is -2.52. The van der Waals surface area contributed by atoms with Crippen LogP contribution in [0.1, 0.15) is 21.5 Å². The zero-order valence-corrected chi connectivity index (χ0v) is 14.2. The van der Waals surface area contributed by atoms with Gasteiger partial charge in [0.15, 0.2) is 0 Å². The third kappa shape index (κ3) is 3.52. The van der Waals surface area contributed by atoms with Gasteiger partial charge in [0.05, 0.1) is 5.56 Å². The fraction of sp³-hybridized carbons (Fsp3) is 0.0952. The number of hydrogen-bond donors (Lipinski definition) is 1. The van der Waals surface area contributed by atoms with Gasteiger partial charge in [-0.3, -0.25) is 0 Å². The summed E-state index contributed by atoms with van der Waals surface area (Å²) in [5.74, 6) is -0.131. The highest BCUT2D eigenvalue weighted by molar-refractivity contribution is 7.98. The van der Waals surface area contributed by atoms with Crippen molar-refractivity contribution in [3.8, 4) is 11.1 Å². The van der Waals surface area contributed by atoms with Crippen molar-refractivity contribution >= 4 is 17.7 Å². The Labute approximate surface area is 146 Å². The van der Waals surface area contributed by atoms with Crippen LogP contribution in [-0.4, -0.2) is 11.1 Å². The summed E-state index contributed by atoms with van der Waals surface area (Å²) in [7, 11) is 0. The van der Waals surface area contributed by atoms with Crippen LogP contribution in [0.25, 0.3) is 11.1 Å². The molecule has 2 nitrogen and oxygen atoms in total. The molecule has 0 aromatic heterocycles. The number of hydrogen-bond acceptors (Lipinski definition) is 2. The van der Waals surface area contributed by atoms with Gasteiger partial charge in [0.25, 0.3) is 0 Å². The van der Waals surface area contributed by atoms with Crippen molar-refractivity contribution < 1.29 is 9.90 Å². The predicted octanol–water partition coefficient (Wildman–Crippen LogP) is 5.65. The summed E-state index contributed by atoms with van der Waals surface area (Å²) in [6, 6.07) is 23.7. The van der Waals surface area contributed by atoms with Crippen LogP contribution >= 0.6 is 11.8 Å². The van der Waals surface area contributed by atoms with E-state index in [0.29, 0.717) is 5.56 Å². The van der Waals surface area contributed by atoms with Gasteiger partial charge >= 0.3 is 5.97 Å². The lowest BCUT2D eigenvalue weighted by Crippen LogP contribution is -2.04. The van der Waals surface area contributed by atoms with Crippen LogP contribution in [0.5, 0.6) is 0 Å². The first-order chi connectivity index (χ1) is 11.7. The average molecular weight is 334 g/mol. The number of carbonyl (C=O) groups is 1. The van der Waals surface area contributed by atoms with Crippen molar-refractivity contribution in [3.63, 3.8) is 0 Å². The van der Waals surface area contributed by atoms with Crippen molar-refractivity contribution in [3.05, 3.63) is 89.5 Å². The molecule has 0 radical (unpaired) electrons. The van der Waals surface area contributed by atoms with E-state index in [1.54, 1.807) is 11.8 Å². The smallest absolute Gasteiger partial charge is 0.337 e. The minimum atomic E-state index is -0.881. The van der Waals surface area contributed by atoms with Gasteiger partial charge in [-0.2, -0.15) is 0 Å². The molecule has 3 heteroatoms. The number of carboxylic acids is 1. The minimum absolute atomic E-state index is 0.391. The SMILES string of the molecule is Cc1ccc(-c2ccccc2)c(C(=O)O)c1SCc1ccccc1. The van der Waals surface area contributed by atoms with E-state index < -0.39 is 5.97 Å². The quantitative estimate of drug-likeness (QED) is 0.612. The average Bonchev–Trinajstić information content (AvgIpc) is 2.62. The second-order valence-electron chi connectivity index (χ2n) is 5.58. The van der Waals surface area contributed by atoms with E-state index in [0.717, 1.165) is 27.3 Å². The fourth-order valence-electron chi connectivity index (χ4n) is 2.67. The maximum Gasteiger partial charge on any atom is 0.337 e. The Balaban J connectivity index is 2.03. The van der Waals surface area contributed by atoms with Gasteiger partial charge < -0.3 is 5.11 Å². The van der Waals surface area contributed by atoms with Crippen molar-refractivity contribution in [2.24, 2.45) is 0 Å². The number of rotatable bonds is 5. The lowest BCUT2D eigenvalue weighted by Gasteiger charge is -2.14. The van der Waals surface area contributed by atoms with E-state index in [-0.39, 0.29) is 0 Å². The molecular formula is C21H18O2S. The fourth-order valence-corrected chi connectivity index (χ4v) is 3.81.